The van der Waals surface area contributed by atoms with Crippen molar-refractivity contribution >= 4 is 40.8 Å². The van der Waals surface area contributed by atoms with E-state index in [-0.39, 0.29) is 16.3 Å². The first-order valence-corrected chi connectivity index (χ1v) is 11.0. The maximum absolute atomic E-state index is 13.0. The number of rotatable bonds is 7. The number of carbonyl (C=O) groups excluding carboxylic acids is 1. The Morgan fingerprint density at radius 2 is 1.78 bits per heavy atom. The first-order chi connectivity index (χ1) is 15.2. The molecule has 32 heavy (non-hydrogen) atoms. The number of esters is 1. The molecule has 3 atom stereocenters. The SMILES string of the molecule is CC(C)C(C(=O)OC(C#N)c1cccc(OC=C(Cl)Cl)c1)C(C)C#Cc1ccc(Cl)cc1. The van der Waals surface area contributed by atoms with Crippen LogP contribution in [-0.2, 0) is 9.53 Å². The summed E-state index contributed by atoms with van der Waals surface area (Å²) in [6.45, 7) is 5.71. The minimum Gasteiger partial charge on any atom is -0.462 e. The molecule has 3 unspecified atom stereocenters. The summed E-state index contributed by atoms with van der Waals surface area (Å²) in [6, 6.07) is 15.8. The van der Waals surface area contributed by atoms with Crippen molar-refractivity contribution in [1.82, 2.24) is 0 Å². The molecule has 0 spiro atoms. The highest BCUT2D eigenvalue weighted by Gasteiger charge is 2.31. The van der Waals surface area contributed by atoms with Gasteiger partial charge >= 0.3 is 5.97 Å². The van der Waals surface area contributed by atoms with Crippen LogP contribution in [0.25, 0.3) is 0 Å². The van der Waals surface area contributed by atoms with Crippen molar-refractivity contribution in [2.24, 2.45) is 17.8 Å². The van der Waals surface area contributed by atoms with Crippen LogP contribution in [0.15, 0.2) is 59.3 Å². The second-order valence-electron chi connectivity index (χ2n) is 7.38. The fraction of sp³-hybridized carbons (Fsp3) is 0.280. The molecular weight excluding hydrogens is 469 g/mol. The van der Waals surface area contributed by atoms with Gasteiger partial charge in [-0.05, 0) is 42.3 Å². The van der Waals surface area contributed by atoms with E-state index >= 15 is 0 Å². The molecule has 0 saturated heterocycles. The standard InChI is InChI=1S/C25H22Cl3NO3/c1-16(2)24(17(3)7-8-18-9-11-20(26)12-10-18)25(30)32-22(14-29)19-5-4-6-21(13-19)31-15-23(27)28/h4-6,9-13,15-17,22,24H,1-3H3. The van der Waals surface area contributed by atoms with Crippen LogP contribution in [0.5, 0.6) is 5.75 Å². The molecule has 0 amide bonds. The summed E-state index contributed by atoms with van der Waals surface area (Å²) in [5.41, 5.74) is 1.27. The highest BCUT2D eigenvalue weighted by Crippen LogP contribution is 2.28. The lowest BCUT2D eigenvalue weighted by molar-refractivity contribution is -0.154. The van der Waals surface area contributed by atoms with Crippen LogP contribution in [0.1, 0.15) is 38.0 Å². The Labute approximate surface area is 203 Å². The van der Waals surface area contributed by atoms with Gasteiger partial charge in [0.25, 0.3) is 0 Å². The Kier molecular flexibility index (Phi) is 9.95. The number of hydrogen-bond acceptors (Lipinski definition) is 4. The molecule has 2 rings (SSSR count). The first kappa shape index (κ1) is 25.6. The summed E-state index contributed by atoms with van der Waals surface area (Å²) in [6.07, 6.45) is 0.0602. The van der Waals surface area contributed by atoms with E-state index in [1.54, 1.807) is 36.4 Å². The maximum atomic E-state index is 13.0. The van der Waals surface area contributed by atoms with Gasteiger partial charge in [-0.2, -0.15) is 5.26 Å². The van der Waals surface area contributed by atoms with E-state index in [2.05, 4.69) is 11.8 Å². The molecule has 2 aromatic carbocycles. The second kappa shape index (κ2) is 12.4. The summed E-state index contributed by atoms with van der Waals surface area (Å²) in [5, 5.41) is 10.2. The highest BCUT2D eigenvalue weighted by molar-refractivity contribution is 6.55. The molecule has 0 bridgehead atoms. The second-order valence-corrected chi connectivity index (χ2v) is 8.82. The van der Waals surface area contributed by atoms with Gasteiger partial charge in [-0.25, -0.2) is 0 Å². The monoisotopic (exact) mass is 489 g/mol. The number of hydrogen-bond donors (Lipinski definition) is 0. The van der Waals surface area contributed by atoms with E-state index in [4.69, 9.17) is 44.3 Å². The molecule has 0 aliphatic carbocycles. The fourth-order valence-electron chi connectivity index (χ4n) is 3.10. The molecular formula is C25H22Cl3NO3. The summed E-state index contributed by atoms with van der Waals surface area (Å²) in [7, 11) is 0. The van der Waals surface area contributed by atoms with Gasteiger partial charge in [-0.1, -0.05) is 79.5 Å². The zero-order valence-electron chi connectivity index (χ0n) is 17.8. The number of benzene rings is 2. The topological polar surface area (TPSA) is 59.3 Å². The van der Waals surface area contributed by atoms with Gasteiger partial charge in [-0.3, -0.25) is 4.79 Å². The van der Waals surface area contributed by atoms with Gasteiger partial charge in [0.05, 0.1) is 5.92 Å². The van der Waals surface area contributed by atoms with Gasteiger partial charge in [0.2, 0.25) is 6.10 Å². The molecule has 0 heterocycles. The largest absolute Gasteiger partial charge is 0.462 e. The Morgan fingerprint density at radius 1 is 1.09 bits per heavy atom. The minimum absolute atomic E-state index is 0.0398. The molecule has 0 N–H and O–H groups in total. The van der Waals surface area contributed by atoms with E-state index < -0.39 is 18.0 Å². The molecule has 0 aliphatic heterocycles. The molecule has 166 valence electrons. The molecule has 7 heteroatoms. The predicted molar refractivity (Wildman–Crippen MR) is 127 cm³/mol. The van der Waals surface area contributed by atoms with Crippen molar-refractivity contribution in [3.63, 3.8) is 0 Å². The number of ether oxygens (including phenoxy) is 2. The maximum Gasteiger partial charge on any atom is 0.312 e. The molecule has 0 fully saturated rings. The predicted octanol–water partition coefficient (Wildman–Crippen LogP) is 7.06. The fourth-order valence-corrected chi connectivity index (χ4v) is 3.32. The Hall–Kier alpha value is -2.63. The molecule has 4 nitrogen and oxygen atoms in total. The molecule has 0 aromatic heterocycles. The Morgan fingerprint density at radius 3 is 2.38 bits per heavy atom. The molecule has 0 saturated carbocycles. The van der Waals surface area contributed by atoms with Crippen LogP contribution in [0, 0.1) is 40.9 Å². The van der Waals surface area contributed by atoms with Crippen LogP contribution in [0.2, 0.25) is 5.02 Å². The number of carbonyl (C=O) groups is 1. The van der Waals surface area contributed by atoms with Crippen LogP contribution in [0.3, 0.4) is 0 Å². The quantitative estimate of drug-likeness (QED) is 0.237. The van der Waals surface area contributed by atoms with Crippen LogP contribution >= 0.6 is 34.8 Å². The zero-order chi connectivity index (χ0) is 23.7. The van der Waals surface area contributed by atoms with Crippen molar-refractivity contribution in [2.45, 2.75) is 26.9 Å². The lowest BCUT2D eigenvalue weighted by Gasteiger charge is -2.24. The van der Waals surface area contributed by atoms with Gasteiger partial charge < -0.3 is 9.47 Å². The number of nitrogens with zero attached hydrogens (tertiary/aromatic N) is 1. The van der Waals surface area contributed by atoms with E-state index in [0.717, 1.165) is 11.8 Å². The van der Waals surface area contributed by atoms with Crippen molar-refractivity contribution in [3.05, 3.63) is 75.4 Å². The van der Waals surface area contributed by atoms with E-state index in [0.29, 0.717) is 16.3 Å². The van der Waals surface area contributed by atoms with E-state index in [1.807, 2.05) is 39.0 Å². The highest BCUT2D eigenvalue weighted by atomic mass is 35.5. The molecule has 0 radical (unpaired) electrons. The molecule has 2 aromatic rings. The van der Waals surface area contributed by atoms with E-state index in [9.17, 15) is 10.1 Å². The lowest BCUT2D eigenvalue weighted by atomic mass is 9.84. The lowest BCUT2D eigenvalue weighted by Crippen LogP contribution is -2.29. The zero-order valence-corrected chi connectivity index (χ0v) is 20.1. The van der Waals surface area contributed by atoms with Gasteiger partial charge in [-0.15, -0.1) is 0 Å². The summed E-state index contributed by atoms with van der Waals surface area (Å²) in [4.78, 5) is 13.0. The number of nitriles is 1. The van der Waals surface area contributed by atoms with Crippen molar-refractivity contribution in [1.29, 1.82) is 5.26 Å². The normalized spacial score (nSPS) is 13.1. The van der Waals surface area contributed by atoms with Gasteiger partial charge in [0, 0.05) is 22.1 Å². The Bertz CT molecular complexity index is 1060. The van der Waals surface area contributed by atoms with Crippen molar-refractivity contribution < 1.29 is 14.3 Å². The third-order valence-electron chi connectivity index (χ3n) is 4.61. The average Bonchev–Trinajstić information content (AvgIpc) is 2.75. The van der Waals surface area contributed by atoms with E-state index in [1.165, 1.54) is 0 Å². The van der Waals surface area contributed by atoms with Crippen LogP contribution < -0.4 is 4.74 Å². The molecule has 0 aliphatic rings. The van der Waals surface area contributed by atoms with Crippen molar-refractivity contribution in [3.8, 4) is 23.7 Å². The summed E-state index contributed by atoms with van der Waals surface area (Å²) in [5.74, 6) is 5.26. The first-order valence-electron chi connectivity index (χ1n) is 9.86. The Balaban J connectivity index is 2.17. The van der Waals surface area contributed by atoms with Crippen LogP contribution in [0.4, 0.5) is 0 Å². The third-order valence-corrected chi connectivity index (χ3v) is 5.04. The van der Waals surface area contributed by atoms with Crippen LogP contribution in [-0.4, -0.2) is 5.97 Å². The minimum atomic E-state index is -1.10. The summed E-state index contributed by atoms with van der Waals surface area (Å²) >= 11 is 17.0. The number of halogens is 3. The van der Waals surface area contributed by atoms with Gasteiger partial charge in [0.1, 0.15) is 22.6 Å². The van der Waals surface area contributed by atoms with Gasteiger partial charge in [0.15, 0.2) is 0 Å². The third kappa shape index (κ3) is 7.81. The summed E-state index contributed by atoms with van der Waals surface area (Å²) < 4.78 is 10.8. The average molecular weight is 491 g/mol. The smallest absolute Gasteiger partial charge is 0.312 e. The van der Waals surface area contributed by atoms with Crippen molar-refractivity contribution in [2.75, 3.05) is 0 Å².